The summed E-state index contributed by atoms with van der Waals surface area (Å²) in [4.78, 5) is 5.10. The summed E-state index contributed by atoms with van der Waals surface area (Å²) in [5, 5.41) is 3.56. The SMILES string of the molecule is CC1CN(CCCNC(C)(C)C)CC(C)N1C. The summed E-state index contributed by atoms with van der Waals surface area (Å²) in [7, 11) is 2.24. The van der Waals surface area contributed by atoms with E-state index in [2.05, 4.69) is 56.8 Å². The molecule has 1 aliphatic heterocycles. The molecule has 1 saturated heterocycles. The normalized spacial score (nSPS) is 28.6. The molecule has 2 atom stereocenters. The summed E-state index contributed by atoms with van der Waals surface area (Å²) in [5.41, 5.74) is 0.253. The van der Waals surface area contributed by atoms with Gasteiger partial charge in [-0.1, -0.05) is 0 Å². The van der Waals surface area contributed by atoms with Crippen LogP contribution in [-0.4, -0.2) is 60.6 Å². The van der Waals surface area contributed by atoms with Gasteiger partial charge in [-0.3, -0.25) is 4.90 Å². The number of hydrogen-bond acceptors (Lipinski definition) is 3. The van der Waals surface area contributed by atoms with Crippen LogP contribution < -0.4 is 5.32 Å². The molecule has 0 amide bonds. The van der Waals surface area contributed by atoms with Gasteiger partial charge in [0.05, 0.1) is 0 Å². The van der Waals surface area contributed by atoms with Crippen LogP contribution in [0.5, 0.6) is 0 Å². The zero-order chi connectivity index (χ0) is 13.1. The largest absolute Gasteiger partial charge is 0.312 e. The lowest BCUT2D eigenvalue weighted by atomic mass is 10.1. The summed E-state index contributed by atoms with van der Waals surface area (Å²) >= 11 is 0. The highest BCUT2D eigenvalue weighted by molar-refractivity contribution is 4.82. The number of nitrogens with one attached hydrogen (secondary N) is 1. The van der Waals surface area contributed by atoms with Gasteiger partial charge >= 0.3 is 0 Å². The Kier molecular flexibility index (Phi) is 5.42. The van der Waals surface area contributed by atoms with E-state index >= 15 is 0 Å². The zero-order valence-corrected chi connectivity index (χ0v) is 12.6. The van der Waals surface area contributed by atoms with Crippen molar-refractivity contribution in [2.75, 3.05) is 33.2 Å². The van der Waals surface area contributed by atoms with E-state index in [0.29, 0.717) is 12.1 Å². The predicted octanol–water partition coefficient (Wildman–Crippen LogP) is 1.79. The fraction of sp³-hybridized carbons (Fsp3) is 1.00. The van der Waals surface area contributed by atoms with Crippen LogP contribution >= 0.6 is 0 Å². The highest BCUT2D eigenvalue weighted by Crippen LogP contribution is 2.13. The van der Waals surface area contributed by atoms with Gasteiger partial charge in [0.2, 0.25) is 0 Å². The third-order valence-corrected chi connectivity index (χ3v) is 3.74. The molecule has 3 heteroatoms. The van der Waals surface area contributed by atoms with E-state index in [9.17, 15) is 0 Å². The van der Waals surface area contributed by atoms with Crippen LogP contribution in [0.2, 0.25) is 0 Å². The monoisotopic (exact) mass is 241 g/mol. The molecule has 1 rings (SSSR count). The molecule has 3 nitrogen and oxygen atoms in total. The van der Waals surface area contributed by atoms with E-state index in [1.807, 2.05) is 0 Å². The highest BCUT2D eigenvalue weighted by atomic mass is 15.3. The minimum atomic E-state index is 0.253. The smallest absolute Gasteiger partial charge is 0.0195 e. The van der Waals surface area contributed by atoms with Gasteiger partial charge in [-0.05, 0) is 61.2 Å². The molecule has 0 aromatic rings. The van der Waals surface area contributed by atoms with E-state index in [1.54, 1.807) is 0 Å². The maximum absolute atomic E-state index is 3.56. The fourth-order valence-corrected chi connectivity index (χ4v) is 2.46. The van der Waals surface area contributed by atoms with Gasteiger partial charge < -0.3 is 10.2 Å². The molecule has 0 saturated carbocycles. The van der Waals surface area contributed by atoms with Gasteiger partial charge in [0, 0.05) is 30.7 Å². The van der Waals surface area contributed by atoms with Crippen molar-refractivity contribution in [3.05, 3.63) is 0 Å². The summed E-state index contributed by atoms with van der Waals surface area (Å²) in [6, 6.07) is 1.38. The minimum absolute atomic E-state index is 0.253. The average molecular weight is 241 g/mol. The molecule has 1 N–H and O–H groups in total. The van der Waals surface area contributed by atoms with Gasteiger partial charge in [-0.25, -0.2) is 0 Å². The lowest BCUT2D eigenvalue weighted by Gasteiger charge is -2.42. The first-order valence-corrected chi connectivity index (χ1v) is 6.99. The van der Waals surface area contributed by atoms with Gasteiger partial charge in [0.15, 0.2) is 0 Å². The molecule has 0 radical (unpaired) electrons. The molecule has 1 aliphatic rings. The van der Waals surface area contributed by atoms with Crippen LogP contribution in [0.1, 0.15) is 41.0 Å². The molecule has 0 aliphatic carbocycles. The van der Waals surface area contributed by atoms with Gasteiger partial charge in [0.1, 0.15) is 0 Å². The van der Waals surface area contributed by atoms with Crippen molar-refractivity contribution in [2.45, 2.75) is 58.7 Å². The maximum atomic E-state index is 3.56. The maximum Gasteiger partial charge on any atom is 0.0195 e. The lowest BCUT2D eigenvalue weighted by Crippen LogP contribution is -2.55. The molecule has 0 spiro atoms. The van der Waals surface area contributed by atoms with Gasteiger partial charge in [-0.2, -0.15) is 0 Å². The number of hydrogen-bond donors (Lipinski definition) is 1. The molecular weight excluding hydrogens is 210 g/mol. The molecule has 1 fully saturated rings. The summed E-state index contributed by atoms with van der Waals surface area (Å²) in [6.45, 7) is 16.1. The molecule has 1 heterocycles. The Morgan fingerprint density at radius 3 is 2.12 bits per heavy atom. The second kappa shape index (κ2) is 6.17. The first kappa shape index (κ1) is 14.9. The van der Waals surface area contributed by atoms with Crippen LogP contribution in [0.15, 0.2) is 0 Å². The third-order valence-electron chi connectivity index (χ3n) is 3.74. The standard InChI is InChI=1S/C14H31N3/c1-12-10-17(11-13(2)16(12)6)9-7-8-15-14(3,4)5/h12-13,15H,7-11H2,1-6H3. The predicted molar refractivity (Wildman–Crippen MR) is 75.5 cm³/mol. The average Bonchev–Trinajstić information content (AvgIpc) is 2.19. The van der Waals surface area contributed by atoms with Crippen molar-refractivity contribution in [1.29, 1.82) is 0 Å². The van der Waals surface area contributed by atoms with Crippen molar-refractivity contribution < 1.29 is 0 Å². The first-order chi connectivity index (χ1) is 7.79. The fourth-order valence-electron chi connectivity index (χ4n) is 2.46. The van der Waals surface area contributed by atoms with Crippen molar-refractivity contribution >= 4 is 0 Å². The van der Waals surface area contributed by atoms with Crippen LogP contribution in [0.3, 0.4) is 0 Å². The molecule has 102 valence electrons. The summed E-state index contributed by atoms with van der Waals surface area (Å²) in [5.74, 6) is 0. The van der Waals surface area contributed by atoms with Crippen molar-refractivity contribution in [1.82, 2.24) is 15.1 Å². The Morgan fingerprint density at radius 2 is 1.65 bits per heavy atom. The molecule has 17 heavy (non-hydrogen) atoms. The summed E-state index contributed by atoms with van der Waals surface area (Å²) in [6.07, 6.45) is 1.25. The number of piperazine rings is 1. The second-order valence-corrected chi connectivity index (χ2v) is 6.65. The van der Waals surface area contributed by atoms with Gasteiger partial charge in [0.25, 0.3) is 0 Å². The first-order valence-electron chi connectivity index (χ1n) is 6.99. The molecule has 0 aromatic carbocycles. The minimum Gasteiger partial charge on any atom is -0.312 e. The van der Waals surface area contributed by atoms with E-state index in [0.717, 1.165) is 6.54 Å². The van der Waals surface area contributed by atoms with Gasteiger partial charge in [-0.15, -0.1) is 0 Å². The summed E-state index contributed by atoms with van der Waals surface area (Å²) < 4.78 is 0. The van der Waals surface area contributed by atoms with Crippen molar-refractivity contribution in [3.63, 3.8) is 0 Å². The third kappa shape index (κ3) is 5.36. The zero-order valence-electron chi connectivity index (χ0n) is 12.6. The van der Waals surface area contributed by atoms with E-state index in [4.69, 9.17) is 0 Å². The Labute approximate surface area is 108 Å². The van der Waals surface area contributed by atoms with Crippen molar-refractivity contribution in [2.24, 2.45) is 0 Å². The lowest BCUT2D eigenvalue weighted by molar-refractivity contribution is 0.0593. The Morgan fingerprint density at radius 1 is 1.12 bits per heavy atom. The Hall–Kier alpha value is -0.120. The van der Waals surface area contributed by atoms with Crippen LogP contribution in [0.4, 0.5) is 0 Å². The van der Waals surface area contributed by atoms with E-state index in [-0.39, 0.29) is 5.54 Å². The highest BCUT2D eigenvalue weighted by Gasteiger charge is 2.25. The van der Waals surface area contributed by atoms with Crippen LogP contribution in [-0.2, 0) is 0 Å². The van der Waals surface area contributed by atoms with Crippen LogP contribution in [0, 0.1) is 0 Å². The molecule has 0 aromatic heterocycles. The second-order valence-electron chi connectivity index (χ2n) is 6.65. The van der Waals surface area contributed by atoms with Crippen LogP contribution in [0.25, 0.3) is 0 Å². The Bertz CT molecular complexity index is 210. The number of rotatable bonds is 4. The molecule has 2 unspecified atom stereocenters. The molecular formula is C14H31N3. The number of nitrogens with zero attached hydrogens (tertiary/aromatic N) is 2. The molecule has 0 bridgehead atoms. The van der Waals surface area contributed by atoms with Crippen molar-refractivity contribution in [3.8, 4) is 0 Å². The number of likely N-dealkylation sites (N-methyl/N-ethyl adjacent to an activating group) is 1. The topological polar surface area (TPSA) is 18.5 Å². The Balaban J connectivity index is 2.20. The quantitative estimate of drug-likeness (QED) is 0.757. The van der Waals surface area contributed by atoms with E-state index in [1.165, 1.54) is 26.1 Å². The van der Waals surface area contributed by atoms with E-state index < -0.39 is 0 Å².